The van der Waals surface area contributed by atoms with Gasteiger partial charge in [-0.25, -0.2) is 0 Å². The fourth-order valence-corrected chi connectivity index (χ4v) is 1.73. The summed E-state index contributed by atoms with van der Waals surface area (Å²) in [7, 11) is 1.67. The van der Waals surface area contributed by atoms with E-state index < -0.39 is 5.97 Å². The smallest absolute Gasteiger partial charge is 0.317 e. The number of H-pyrrole nitrogens is 1. The first kappa shape index (κ1) is 11.7. The highest BCUT2D eigenvalue weighted by Gasteiger charge is 2.22. The van der Waals surface area contributed by atoms with Gasteiger partial charge in [-0.15, -0.1) is 0 Å². The lowest BCUT2D eigenvalue weighted by atomic mass is 10.2. The molecule has 5 nitrogen and oxygen atoms in total. The number of rotatable bonds is 5. The van der Waals surface area contributed by atoms with Crippen LogP contribution in [0.4, 0.5) is 0 Å². The molecule has 0 saturated heterocycles. The predicted molar refractivity (Wildman–Crippen MR) is 60.6 cm³/mol. The molecule has 0 bridgehead atoms. The van der Waals surface area contributed by atoms with Gasteiger partial charge in [-0.3, -0.25) is 9.69 Å². The first-order chi connectivity index (χ1) is 7.02. The molecule has 1 rings (SSSR count). The van der Waals surface area contributed by atoms with Crippen molar-refractivity contribution in [1.29, 1.82) is 0 Å². The summed E-state index contributed by atoms with van der Waals surface area (Å²) in [5.41, 5.74) is 6.38. The van der Waals surface area contributed by atoms with E-state index in [4.69, 9.17) is 23.1 Å². The summed E-state index contributed by atoms with van der Waals surface area (Å²) in [4.78, 5) is 15.4. The van der Waals surface area contributed by atoms with Gasteiger partial charge in [0.2, 0.25) is 0 Å². The molecule has 15 heavy (non-hydrogen) atoms. The fourth-order valence-electron chi connectivity index (χ4n) is 1.43. The Hall–Kier alpha value is -1.40. The van der Waals surface area contributed by atoms with Crippen molar-refractivity contribution in [2.45, 2.75) is 6.04 Å². The van der Waals surface area contributed by atoms with Gasteiger partial charge in [-0.05, 0) is 19.2 Å². The second-order valence-electron chi connectivity index (χ2n) is 3.24. The number of aromatic amines is 1. The lowest BCUT2D eigenvalue weighted by Crippen LogP contribution is -2.37. The number of nitrogens with zero attached hydrogens (tertiary/aromatic N) is 1. The molecule has 0 spiro atoms. The van der Waals surface area contributed by atoms with E-state index in [1.54, 1.807) is 18.1 Å². The minimum Gasteiger partial charge on any atom is -0.480 e. The topological polar surface area (TPSA) is 82.3 Å². The number of hydrogen-bond acceptors (Lipinski definition) is 3. The number of aliphatic carboxylic acids is 1. The highest BCUT2D eigenvalue weighted by molar-refractivity contribution is 7.80. The molecule has 0 saturated carbocycles. The molecule has 0 amide bonds. The number of carboxylic acids is 1. The van der Waals surface area contributed by atoms with E-state index in [0.717, 1.165) is 5.69 Å². The van der Waals surface area contributed by atoms with Gasteiger partial charge in [0, 0.05) is 11.9 Å². The van der Waals surface area contributed by atoms with Crippen molar-refractivity contribution in [1.82, 2.24) is 9.88 Å². The Kier molecular flexibility index (Phi) is 3.81. The van der Waals surface area contributed by atoms with Crippen molar-refractivity contribution in [2.75, 3.05) is 13.6 Å². The molecule has 82 valence electrons. The first-order valence-corrected chi connectivity index (χ1v) is 4.78. The quantitative estimate of drug-likeness (QED) is 0.633. The van der Waals surface area contributed by atoms with E-state index in [0.29, 0.717) is 0 Å². The molecule has 0 aromatic carbocycles. The van der Waals surface area contributed by atoms with E-state index >= 15 is 0 Å². The third-order valence-corrected chi connectivity index (χ3v) is 2.23. The highest BCUT2D eigenvalue weighted by Crippen LogP contribution is 2.17. The number of nitrogens with two attached hydrogens (primary N) is 1. The molecule has 1 heterocycles. The van der Waals surface area contributed by atoms with Crippen molar-refractivity contribution < 1.29 is 9.90 Å². The molecule has 1 atom stereocenters. The van der Waals surface area contributed by atoms with Crippen molar-refractivity contribution in [2.24, 2.45) is 5.73 Å². The van der Waals surface area contributed by atoms with Gasteiger partial charge in [-0.1, -0.05) is 12.2 Å². The van der Waals surface area contributed by atoms with Crippen LogP contribution in [0.15, 0.2) is 18.3 Å². The van der Waals surface area contributed by atoms with Crippen LogP contribution in [0.5, 0.6) is 0 Å². The SMILES string of the molecule is CN(CC(=O)O)C(C(N)=S)c1ccc[nH]1. The minimum atomic E-state index is -0.912. The summed E-state index contributed by atoms with van der Waals surface area (Å²) in [6.45, 7) is -0.110. The number of carbonyl (C=O) groups is 1. The minimum absolute atomic E-state index is 0.110. The summed E-state index contributed by atoms with van der Waals surface area (Å²) in [5.74, 6) is -0.912. The molecule has 6 heteroatoms. The second kappa shape index (κ2) is 4.90. The number of thiocarbonyl (C=S) groups is 1. The zero-order valence-electron chi connectivity index (χ0n) is 8.30. The van der Waals surface area contributed by atoms with Gasteiger partial charge in [0.05, 0.1) is 11.5 Å². The Labute approximate surface area is 92.9 Å². The maximum Gasteiger partial charge on any atom is 0.317 e. The number of nitrogens with one attached hydrogen (secondary N) is 1. The Balaban J connectivity index is 2.84. The molecule has 0 aliphatic carbocycles. The van der Waals surface area contributed by atoms with Crippen LogP contribution in [0.25, 0.3) is 0 Å². The van der Waals surface area contributed by atoms with E-state index in [1.807, 2.05) is 12.1 Å². The normalized spacial score (nSPS) is 12.7. The molecule has 0 aliphatic heterocycles. The van der Waals surface area contributed by atoms with Gasteiger partial charge in [0.25, 0.3) is 0 Å². The number of likely N-dealkylation sites (N-methyl/N-ethyl adjacent to an activating group) is 1. The number of hydrogen-bond donors (Lipinski definition) is 3. The largest absolute Gasteiger partial charge is 0.480 e. The molecule has 0 aliphatic rings. The van der Waals surface area contributed by atoms with Gasteiger partial charge < -0.3 is 15.8 Å². The van der Waals surface area contributed by atoms with E-state index in [2.05, 4.69) is 4.98 Å². The first-order valence-electron chi connectivity index (χ1n) is 4.37. The fraction of sp³-hybridized carbons (Fsp3) is 0.333. The second-order valence-corrected chi connectivity index (χ2v) is 3.71. The zero-order chi connectivity index (χ0) is 11.4. The molecule has 4 N–H and O–H groups in total. The molecule has 1 aromatic heterocycles. The van der Waals surface area contributed by atoms with Crippen LogP contribution in [-0.4, -0.2) is 39.5 Å². The standard InChI is InChI=1S/C9H13N3O2S/c1-12(5-7(13)14)8(9(10)15)6-3-2-4-11-6/h2-4,8,11H,5H2,1H3,(H2,10,15)(H,13,14). The predicted octanol–water partition coefficient (Wildman–Crippen LogP) is 0.358. The lowest BCUT2D eigenvalue weighted by molar-refractivity contribution is -0.138. The number of aromatic nitrogens is 1. The van der Waals surface area contributed by atoms with Gasteiger partial charge >= 0.3 is 5.97 Å². The van der Waals surface area contributed by atoms with E-state index in [1.165, 1.54) is 0 Å². The monoisotopic (exact) mass is 227 g/mol. The van der Waals surface area contributed by atoms with Crippen molar-refractivity contribution >= 4 is 23.2 Å². The van der Waals surface area contributed by atoms with Crippen LogP contribution >= 0.6 is 12.2 Å². The Morgan fingerprint density at radius 2 is 2.47 bits per heavy atom. The van der Waals surface area contributed by atoms with E-state index in [-0.39, 0.29) is 17.6 Å². The maximum atomic E-state index is 10.6. The van der Waals surface area contributed by atoms with E-state index in [9.17, 15) is 4.79 Å². The molecule has 1 aromatic rings. The van der Waals surface area contributed by atoms with Crippen LogP contribution in [0.3, 0.4) is 0 Å². The zero-order valence-corrected chi connectivity index (χ0v) is 9.12. The Bertz CT molecular complexity index is 350. The molecular weight excluding hydrogens is 214 g/mol. The maximum absolute atomic E-state index is 10.6. The van der Waals surface area contributed by atoms with Crippen LogP contribution in [0.1, 0.15) is 11.7 Å². The average molecular weight is 227 g/mol. The van der Waals surface area contributed by atoms with Gasteiger partial charge in [-0.2, -0.15) is 0 Å². The van der Waals surface area contributed by atoms with Crippen LogP contribution in [0.2, 0.25) is 0 Å². The van der Waals surface area contributed by atoms with Crippen LogP contribution in [0, 0.1) is 0 Å². The summed E-state index contributed by atoms with van der Waals surface area (Å²) >= 11 is 4.92. The highest BCUT2D eigenvalue weighted by atomic mass is 32.1. The summed E-state index contributed by atoms with van der Waals surface area (Å²) in [6, 6.07) is 3.27. The van der Waals surface area contributed by atoms with Gasteiger partial charge in [0.1, 0.15) is 6.04 Å². The molecule has 0 radical (unpaired) electrons. The average Bonchev–Trinajstić information content (AvgIpc) is 2.54. The van der Waals surface area contributed by atoms with Gasteiger partial charge in [0.15, 0.2) is 0 Å². The summed E-state index contributed by atoms with van der Waals surface area (Å²) in [5, 5.41) is 8.68. The summed E-state index contributed by atoms with van der Waals surface area (Å²) < 4.78 is 0. The van der Waals surface area contributed by atoms with Crippen molar-refractivity contribution in [3.05, 3.63) is 24.0 Å². The van der Waals surface area contributed by atoms with Crippen LogP contribution < -0.4 is 5.73 Å². The summed E-state index contributed by atoms with van der Waals surface area (Å²) in [6.07, 6.45) is 1.75. The number of carboxylic acid groups (broad SMARTS) is 1. The Morgan fingerprint density at radius 3 is 2.87 bits per heavy atom. The van der Waals surface area contributed by atoms with Crippen LogP contribution in [-0.2, 0) is 4.79 Å². The lowest BCUT2D eigenvalue weighted by Gasteiger charge is -2.24. The Morgan fingerprint density at radius 1 is 1.80 bits per heavy atom. The molecule has 1 unspecified atom stereocenters. The third kappa shape index (κ3) is 3.03. The van der Waals surface area contributed by atoms with Crippen molar-refractivity contribution in [3.63, 3.8) is 0 Å². The third-order valence-electron chi connectivity index (χ3n) is 2.01. The van der Waals surface area contributed by atoms with Crippen molar-refractivity contribution in [3.8, 4) is 0 Å². The molecular formula is C9H13N3O2S. The molecule has 0 fully saturated rings.